The normalized spacial score (nSPS) is 10.1. The van der Waals surface area contributed by atoms with Crippen LogP contribution in [0.1, 0.15) is 5.56 Å². The lowest BCUT2D eigenvalue weighted by Crippen LogP contribution is -2.15. The number of hydrogen-bond donors (Lipinski definition) is 3. The summed E-state index contributed by atoms with van der Waals surface area (Å²) in [6, 6.07) is 11.7. The van der Waals surface area contributed by atoms with Crippen LogP contribution < -0.4 is 15.8 Å². The van der Waals surface area contributed by atoms with E-state index in [1.807, 2.05) is 6.07 Å². The van der Waals surface area contributed by atoms with Crippen molar-refractivity contribution in [3.05, 3.63) is 48.0 Å². The molecule has 0 spiro atoms. The Labute approximate surface area is 117 Å². The second-order valence-electron chi connectivity index (χ2n) is 4.31. The number of para-hydroxylation sites is 2. The SMILES string of the molecule is COc1ccccc1NC(=O)Cc1cc(O)ccc1N. The molecule has 2 aromatic rings. The number of ether oxygens (including phenoxy) is 1. The summed E-state index contributed by atoms with van der Waals surface area (Å²) < 4.78 is 5.16. The fourth-order valence-electron chi connectivity index (χ4n) is 1.86. The van der Waals surface area contributed by atoms with Gasteiger partial charge in [-0.15, -0.1) is 0 Å². The zero-order chi connectivity index (χ0) is 14.5. The van der Waals surface area contributed by atoms with E-state index >= 15 is 0 Å². The van der Waals surface area contributed by atoms with Gasteiger partial charge in [-0.1, -0.05) is 12.1 Å². The van der Waals surface area contributed by atoms with E-state index in [4.69, 9.17) is 10.5 Å². The Kier molecular flexibility index (Phi) is 4.10. The molecule has 0 aliphatic carbocycles. The van der Waals surface area contributed by atoms with E-state index in [0.29, 0.717) is 22.7 Å². The van der Waals surface area contributed by atoms with Crippen molar-refractivity contribution in [2.24, 2.45) is 0 Å². The van der Waals surface area contributed by atoms with Crippen LogP contribution in [0.5, 0.6) is 11.5 Å². The average molecular weight is 272 g/mol. The van der Waals surface area contributed by atoms with Gasteiger partial charge >= 0.3 is 0 Å². The highest BCUT2D eigenvalue weighted by atomic mass is 16.5. The monoisotopic (exact) mass is 272 g/mol. The number of nitrogen functional groups attached to an aromatic ring is 1. The number of benzene rings is 2. The molecule has 0 unspecified atom stereocenters. The molecule has 2 rings (SSSR count). The summed E-state index contributed by atoms with van der Waals surface area (Å²) in [5, 5.41) is 12.2. The van der Waals surface area contributed by atoms with Gasteiger partial charge in [-0.3, -0.25) is 4.79 Å². The van der Waals surface area contributed by atoms with Crippen LogP contribution in [-0.2, 0) is 11.2 Å². The minimum Gasteiger partial charge on any atom is -0.508 e. The number of methoxy groups -OCH3 is 1. The standard InChI is InChI=1S/C15H16N2O3/c1-20-14-5-3-2-4-13(14)17-15(19)9-10-8-11(18)6-7-12(10)16/h2-8,18H,9,16H2,1H3,(H,17,19). The van der Waals surface area contributed by atoms with Crippen molar-refractivity contribution in [2.75, 3.05) is 18.2 Å². The molecule has 0 fully saturated rings. The summed E-state index contributed by atoms with van der Waals surface area (Å²) in [5.74, 6) is 0.441. The molecule has 0 atom stereocenters. The fraction of sp³-hybridized carbons (Fsp3) is 0.133. The van der Waals surface area contributed by atoms with E-state index in [-0.39, 0.29) is 18.1 Å². The average Bonchev–Trinajstić information content (AvgIpc) is 2.43. The van der Waals surface area contributed by atoms with E-state index in [1.54, 1.807) is 24.3 Å². The number of aromatic hydroxyl groups is 1. The van der Waals surface area contributed by atoms with Gasteiger partial charge in [0.1, 0.15) is 11.5 Å². The largest absolute Gasteiger partial charge is 0.508 e. The number of anilines is 2. The quantitative estimate of drug-likeness (QED) is 0.588. The Morgan fingerprint density at radius 3 is 2.80 bits per heavy atom. The molecular formula is C15H16N2O3. The van der Waals surface area contributed by atoms with Crippen LogP contribution in [0.15, 0.2) is 42.5 Å². The van der Waals surface area contributed by atoms with Gasteiger partial charge in [-0.05, 0) is 35.9 Å². The number of phenolic OH excluding ortho intramolecular Hbond substituents is 1. The summed E-state index contributed by atoms with van der Waals surface area (Å²) >= 11 is 0. The van der Waals surface area contributed by atoms with E-state index in [1.165, 1.54) is 19.2 Å². The van der Waals surface area contributed by atoms with Crippen LogP contribution in [-0.4, -0.2) is 18.1 Å². The first-order valence-electron chi connectivity index (χ1n) is 6.10. The van der Waals surface area contributed by atoms with E-state index < -0.39 is 0 Å². The highest BCUT2D eigenvalue weighted by Gasteiger charge is 2.10. The highest BCUT2D eigenvalue weighted by Crippen LogP contribution is 2.24. The molecule has 0 heterocycles. The summed E-state index contributed by atoms with van der Waals surface area (Å²) in [6.45, 7) is 0. The van der Waals surface area contributed by atoms with Crippen LogP contribution in [0.25, 0.3) is 0 Å². The van der Waals surface area contributed by atoms with Gasteiger partial charge in [0.15, 0.2) is 0 Å². The third-order valence-electron chi connectivity index (χ3n) is 2.86. The minimum atomic E-state index is -0.230. The van der Waals surface area contributed by atoms with E-state index in [0.717, 1.165) is 0 Å². The molecule has 4 N–H and O–H groups in total. The lowest BCUT2D eigenvalue weighted by molar-refractivity contribution is -0.115. The number of phenols is 1. The molecule has 20 heavy (non-hydrogen) atoms. The van der Waals surface area contributed by atoms with Crippen molar-refractivity contribution in [1.29, 1.82) is 0 Å². The molecule has 5 nitrogen and oxygen atoms in total. The van der Waals surface area contributed by atoms with Gasteiger partial charge in [0.2, 0.25) is 5.91 Å². The van der Waals surface area contributed by atoms with E-state index in [2.05, 4.69) is 5.32 Å². The first kappa shape index (κ1) is 13.7. The van der Waals surface area contributed by atoms with Gasteiger partial charge in [-0.25, -0.2) is 0 Å². The lowest BCUT2D eigenvalue weighted by atomic mass is 10.1. The lowest BCUT2D eigenvalue weighted by Gasteiger charge is -2.10. The van der Waals surface area contributed by atoms with Crippen molar-refractivity contribution in [2.45, 2.75) is 6.42 Å². The second kappa shape index (κ2) is 5.97. The Morgan fingerprint density at radius 1 is 1.30 bits per heavy atom. The third-order valence-corrected chi connectivity index (χ3v) is 2.86. The van der Waals surface area contributed by atoms with Gasteiger partial charge in [0, 0.05) is 5.69 Å². The highest BCUT2D eigenvalue weighted by molar-refractivity contribution is 5.94. The van der Waals surface area contributed by atoms with Crippen LogP contribution in [0.3, 0.4) is 0 Å². The van der Waals surface area contributed by atoms with Crippen LogP contribution in [0.2, 0.25) is 0 Å². The Balaban J connectivity index is 2.11. The Morgan fingerprint density at radius 2 is 2.05 bits per heavy atom. The Hall–Kier alpha value is -2.69. The smallest absolute Gasteiger partial charge is 0.228 e. The van der Waals surface area contributed by atoms with Crippen LogP contribution in [0, 0.1) is 0 Å². The Bertz CT molecular complexity index is 626. The molecule has 0 bridgehead atoms. The summed E-state index contributed by atoms with van der Waals surface area (Å²) in [5.41, 5.74) is 7.42. The number of hydrogen-bond acceptors (Lipinski definition) is 4. The number of carbonyl (C=O) groups excluding carboxylic acids is 1. The molecular weight excluding hydrogens is 256 g/mol. The van der Waals surface area contributed by atoms with Crippen molar-refractivity contribution >= 4 is 17.3 Å². The third kappa shape index (κ3) is 3.20. The number of amides is 1. The molecule has 0 aliphatic heterocycles. The second-order valence-corrected chi connectivity index (χ2v) is 4.31. The zero-order valence-electron chi connectivity index (χ0n) is 11.1. The molecule has 0 saturated heterocycles. The molecule has 0 aliphatic rings. The van der Waals surface area contributed by atoms with Crippen LogP contribution >= 0.6 is 0 Å². The number of nitrogens with one attached hydrogen (secondary N) is 1. The summed E-state index contributed by atoms with van der Waals surface area (Å²) in [4.78, 5) is 12.0. The summed E-state index contributed by atoms with van der Waals surface area (Å²) in [6.07, 6.45) is 0.0816. The van der Waals surface area contributed by atoms with Crippen LogP contribution in [0.4, 0.5) is 11.4 Å². The van der Waals surface area contributed by atoms with Gasteiger partial charge in [0.05, 0.1) is 19.2 Å². The zero-order valence-corrected chi connectivity index (χ0v) is 11.1. The summed E-state index contributed by atoms with van der Waals surface area (Å²) in [7, 11) is 1.54. The molecule has 0 aromatic heterocycles. The minimum absolute atomic E-state index is 0.0816. The van der Waals surface area contributed by atoms with Gasteiger partial charge in [0.25, 0.3) is 0 Å². The van der Waals surface area contributed by atoms with Crippen molar-refractivity contribution in [3.63, 3.8) is 0 Å². The number of rotatable bonds is 4. The number of carbonyl (C=O) groups is 1. The maximum atomic E-state index is 12.0. The van der Waals surface area contributed by atoms with Gasteiger partial charge in [-0.2, -0.15) is 0 Å². The molecule has 0 saturated carbocycles. The van der Waals surface area contributed by atoms with Gasteiger partial charge < -0.3 is 20.9 Å². The first-order valence-corrected chi connectivity index (χ1v) is 6.10. The van der Waals surface area contributed by atoms with Crippen molar-refractivity contribution < 1.29 is 14.6 Å². The fourth-order valence-corrected chi connectivity index (χ4v) is 1.86. The van der Waals surface area contributed by atoms with Crippen molar-refractivity contribution in [3.8, 4) is 11.5 Å². The maximum absolute atomic E-state index is 12.0. The molecule has 0 radical (unpaired) electrons. The predicted octanol–water partition coefficient (Wildman–Crippen LogP) is 2.16. The van der Waals surface area contributed by atoms with Crippen molar-refractivity contribution in [1.82, 2.24) is 0 Å². The topological polar surface area (TPSA) is 84.6 Å². The first-order chi connectivity index (χ1) is 9.60. The molecule has 2 aromatic carbocycles. The molecule has 104 valence electrons. The number of nitrogens with two attached hydrogens (primary N) is 1. The predicted molar refractivity (Wildman–Crippen MR) is 77.8 cm³/mol. The molecule has 1 amide bonds. The molecule has 5 heteroatoms. The maximum Gasteiger partial charge on any atom is 0.228 e. The van der Waals surface area contributed by atoms with E-state index in [9.17, 15) is 9.90 Å².